The molecule has 0 fully saturated rings. The fourth-order valence-electron chi connectivity index (χ4n) is 3.40. The molecule has 0 amide bonds. The summed E-state index contributed by atoms with van der Waals surface area (Å²) in [7, 11) is 3.11. The molecule has 1 aliphatic rings. The summed E-state index contributed by atoms with van der Waals surface area (Å²) in [6.07, 6.45) is 2.27. The molecule has 8 heteroatoms. The molecule has 0 saturated carbocycles. The molecular formula is C18H22N3O5+. The lowest BCUT2D eigenvalue weighted by molar-refractivity contribution is -0.690. The number of aromatic hydroxyl groups is 1. The van der Waals surface area contributed by atoms with Gasteiger partial charge in [-0.3, -0.25) is 14.3 Å². The molecule has 2 heterocycles. The highest BCUT2D eigenvalue weighted by atomic mass is 16.5. The Morgan fingerprint density at radius 1 is 1.35 bits per heavy atom. The topological polar surface area (TPSA) is 110 Å². The molecule has 26 heavy (non-hydrogen) atoms. The van der Waals surface area contributed by atoms with Crippen LogP contribution < -0.4 is 26.0 Å². The van der Waals surface area contributed by atoms with E-state index in [1.807, 2.05) is 17.4 Å². The highest BCUT2D eigenvalue weighted by Crippen LogP contribution is 2.36. The van der Waals surface area contributed by atoms with Crippen molar-refractivity contribution >= 4 is 0 Å². The van der Waals surface area contributed by atoms with Gasteiger partial charge in [0.05, 0.1) is 20.8 Å². The highest BCUT2D eigenvalue weighted by Gasteiger charge is 2.32. The van der Waals surface area contributed by atoms with Gasteiger partial charge in [-0.1, -0.05) is 6.08 Å². The predicted molar refractivity (Wildman–Crippen MR) is 95.1 cm³/mol. The molecule has 0 bridgehead atoms. The number of H-pyrrole nitrogens is 1. The molecule has 3 rings (SSSR count). The second kappa shape index (κ2) is 7.09. The first-order chi connectivity index (χ1) is 12.5. The maximum absolute atomic E-state index is 12.5. The van der Waals surface area contributed by atoms with Crippen molar-refractivity contribution in [3.63, 3.8) is 0 Å². The van der Waals surface area contributed by atoms with Crippen LogP contribution in [0.1, 0.15) is 22.7 Å². The number of aromatic nitrogens is 2. The standard InChI is InChI=1S/C18H21N3O5/c1-4-7-21-17(23)14(16(22)20-18(21)24)15-11-9-13(26-3)12(25-2)8-10(11)5-6-19-15/h4,8-9,15,19,23H,1,5-7H2,2-3H3,(H,20,22,24)/p+1/t15-/m0/s1. The molecule has 1 atom stereocenters. The van der Waals surface area contributed by atoms with Gasteiger partial charge in [0.2, 0.25) is 5.88 Å². The normalized spacial score (nSPS) is 16.0. The van der Waals surface area contributed by atoms with Crippen molar-refractivity contribution in [2.75, 3.05) is 20.8 Å². The second-order valence-electron chi connectivity index (χ2n) is 6.05. The van der Waals surface area contributed by atoms with E-state index in [1.165, 1.54) is 6.08 Å². The Balaban J connectivity index is 2.22. The zero-order chi connectivity index (χ0) is 18.8. The van der Waals surface area contributed by atoms with Gasteiger partial charge in [-0.05, 0) is 17.7 Å². The molecule has 138 valence electrons. The molecular weight excluding hydrogens is 338 g/mol. The van der Waals surface area contributed by atoms with E-state index in [4.69, 9.17) is 9.47 Å². The Morgan fingerprint density at radius 3 is 2.69 bits per heavy atom. The first-order valence-electron chi connectivity index (χ1n) is 8.26. The number of quaternary nitrogens is 1. The van der Waals surface area contributed by atoms with Crippen LogP contribution in [-0.2, 0) is 13.0 Å². The average molecular weight is 360 g/mol. The van der Waals surface area contributed by atoms with Crippen molar-refractivity contribution in [1.29, 1.82) is 0 Å². The van der Waals surface area contributed by atoms with Crippen LogP contribution in [0.5, 0.6) is 17.4 Å². The third-order valence-corrected chi connectivity index (χ3v) is 4.63. The maximum atomic E-state index is 12.5. The lowest BCUT2D eigenvalue weighted by Gasteiger charge is -2.25. The van der Waals surface area contributed by atoms with Crippen LogP contribution in [0.4, 0.5) is 0 Å². The van der Waals surface area contributed by atoms with Crippen molar-refractivity contribution in [3.05, 3.63) is 62.3 Å². The molecule has 0 radical (unpaired) electrons. The summed E-state index contributed by atoms with van der Waals surface area (Å²) in [4.78, 5) is 26.7. The van der Waals surface area contributed by atoms with Crippen LogP contribution in [0.25, 0.3) is 0 Å². The van der Waals surface area contributed by atoms with E-state index in [0.29, 0.717) is 11.5 Å². The number of hydrogen-bond donors (Lipinski definition) is 3. The molecule has 0 spiro atoms. The van der Waals surface area contributed by atoms with Crippen LogP contribution in [0.3, 0.4) is 0 Å². The summed E-state index contributed by atoms with van der Waals surface area (Å²) in [6.45, 7) is 4.41. The Bertz CT molecular complexity index is 961. The second-order valence-corrected chi connectivity index (χ2v) is 6.05. The number of nitrogens with two attached hydrogens (primary N) is 1. The minimum atomic E-state index is -0.667. The van der Waals surface area contributed by atoms with Gasteiger partial charge in [0.15, 0.2) is 11.5 Å². The lowest BCUT2D eigenvalue weighted by Crippen LogP contribution is -2.87. The van der Waals surface area contributed by atoms with Crippen LogP contribution in [0.2, 0.25) is 0 Å². The minimum Gasteiger partial charge on any atom is -0.494 e. The molecule has 1 aromatic heterocycles. The fraction of sp³-hybridized carbons (Fsp3) is 0.333. The summed E-state index contributed by atoms with van der Waals surface area (Å²) in [5.74, 6) is 0.811. The summed E-state index contributed by atoms with van der Waals surface area (Å²) in [5.41, 5.74) is 0.727. The molecule has 1 aromatic carbocycles. The molecule has 4 N–H and O–H groups in total. The van der Waals surface area contributed by atoms with E-state index in [0.717, 1.165) is 28.7 Å². The van der Waals surface area contributed by atoms with Crippen molar-refractivity contribution < 1.29 is 19.9 Å². The van der Waals surface area contributed by atoms with E-state index >= 15 is 0 Å². The van der Waals surface area contributed by atoms with Crippen molar-refractivity contribution in [3.8, 4) is 17.4 Å². The Hall–Kier alpha value is -3.00. The van der Waals surface area contributed by atoms with Crippen LogP contribution in [-0.4, -0.2) is 35.4 Å². The Morgan fingerprint density at radius 2 is 2.04 bits per heavy atom. The number of nitrogens with zero attached hydrogens (tertiary/aromatic N) is 1. The summed E-state index contributed by atoms with van der Waals surface area (Å²) < 4.78 is 11.8. The highest BCUT2D eigenvalue weighted by molar-refractivity contribution is 5.51. The third kappa shape index (κ3) is 2.88. The molecule has 0 aliphatic carbocycles. The van der Waals surface area contributed by atoms with Gasteiger partial charge in [-0.25, -0.2) is 4.79 Å². The van der Waals surface area contributed by atoms with Crippen molar-refractivity contribution in [2.45, 2.75) is 19.0 Å². The van der Waals surface area contributed by atoms with Crippen LogP contribution in [0, 0.1) is 0 Å². The van der Waals surface area contributed by atoms with Gasteiger partial charge in [0.25, 0.3) is 5.56 Å². The Kier molecular flexibility index (Phi) is 4.85. The van der Waals surface area contributed by atoms with Gasteiger partial charge in [0.1, 0.15) is 11.6 Å². The summed E-state index contributed by atoms with van der Waals surface area (Å²) in [5, 5.41) is 12.6. The van der Waals surface area contributed by atoms with Gasteiger partial charge in [-0.2, -0.15) is 0 Å². The van der Waals surface area contributed by atoms with Gasteiger partial charge < -0.3 is 19.9 Å². The molecule has 1 aliphatic heterocycles. The monoisotopic (exact) mass is 360 g/mol. The largest absolute Gasteiger partial charge is 0.494 e. The number of fused-ring (bicyclic) bond motifs is 1. The van der Waals surface area contributed by atoms with Gasteiger partial charge >= 0.3 is 5.69 Å². The van der Waals surface area contributed by atoms with E-state index < -0.39 is 17.3 Å². The lowest BCUT2D eigenvalue weighted by atomic mass is 9.90. The molecule has 8 nitrogen and oxygen atoms in total. The number of allylic oxidation sites excluding steroid dienone is 1. The van der Waals surface area contributed by atoms with Crippen molar-refractivity contribution in [1.82, 2.24) is 9.55 Å². The molecule has 0 unspecified atom stereocenters. The number of methoxy groups -OCH3 is 2. The number of ether oxygens (including phenoxy) is 2. The molecule has 0 saturated heterocycles. The van der Waals surface area contributed by atoms with Gasteiger partial charge in [-0.15, -0.1) is 6.58 Å². The SMILES string of the molecule is C=CCn1c(O)c([C@H]2[NH2+]CCc3cc(OC)c(OC)cc32)c(=O)[nH]c1=O. The van der Waals surface area contributed by atoms with E-state index in [2.05, 4.69) is 11.6 Å². The van der Waals surface area contributed by atoms with Crippen LogP contribution in [0.15, 0.2) is 34.4 Å². The number of rotatable bonds is 5. The first-order valence-corrected chi connectivity index (χ1v) is 8.26. The number of benzene rings is 1. The summed E-state index contributed by atoms with van der Waals surface area (Å²) in [6, 6.07) is 3.24. The smallest absolute Gasteiger partial charge is 0.331 e. The molecule has 2 aromatic rings. The summed E-state index contributed by atoms with van der Waals surface area (Å²) >= 11 is 0. The number of nitrogens with one attached hydrogen (secondary N) is 1. The zero-order valence-electron chi connectivity index (χ0n) is 14.7. The van der Waals surface area contributed by atoms with E-state index in [-0.39, 0.29) is 18.0 Å². The number of hydrogen-bond acceptors (Lipinski definition) is 5. The first kappa shape index (κ1) is 17.8. The minimum absolute atomic E-state index is 0.0972. The maximum Gasteiger partial charge on any atom is 0.331 e. The third-order valence-electron chi connectivity index (χ3n) is 4.63. The predicted octanol–water partition coefficient (Wildman–Crippen LogP) is -0.346. The zero-order valence-corrected chi connectivity index (χ0v) is 14.7. The van der Waals surface area contributed by atoms with Gasteiger partial charge in [0, 0.05) is 18.5 Å². The average Bonchev–Trinajstić information content (AvgIpc) is 2.64. The quantitative estimate of drug-likeness (QED) is 0.632. The van der Waals surface area contributed by atoms with E-state index in [1.54, 1.807) is 14.2 Å². The van der Waals surface area contributed by atoms with Crippen molar-refractivity contribution in [2.24, 2.45) is 0 Å². The van der Waals surface area contributed by atoms with E-state index in [9.17, 15) is 14.7 Å². The fourth-order valence-corrected chi connectivity index (χ4v) is 3.40. The van der Waals surface area contributed by atoms with Crippen LogP contribution >= 0.6 is 0 Å². The number of aromatic amines is 1. The Labute approximate surface area is 149 Å².